The van der Waals surface area contributed by atoms with Crippen LogP contribution >= 0.6 is 0 Å². The Bertz CT molecular complexity index is 319. The molecule has 1 unspecified atom stereocenters. The first-order valence-electron chi connectivity index (χ1n) is 5.42. The summed E-state index contributed by atoms with van der Waals surface area (Å²) in [5.74, 6) is -0.104. The molecule has 1 atom stereocenters. The van der Waals surface area contributed by atoms with Gasteiger partial charge in [-0.2, -0.15) is 9.98 Å². The third-order valence-corrected chi connectivity index (χ3v) is 3.21. The summed E-state index contributed by atoms with van der Waals surface area (Å²) in [5.41, 5.74) is 0. The van der Waals surface area contributed by atoms with Gasteiger partial charge in [0.1, 0.15) is 6.04 Å². The number of nitrogens with zero attached hydrogens (tertiary/aromatic N) is 1. The standard InChI is InChI=1S/C10H20N2O3S/c1-4-5-10(8-11)12-16(13,14)7-6-15-9(2)3/h9-10,12H,4-7H2,1-3H3. The van der Waals surface area contributed by atoms with Crippen LogP contribution in [0.1, 0.15) is 33.6 Å². The van der Waals surface area contributed by atoms with Crippen LogP contribution in [0.25, 0.3) is 0 Å². The molecule has 0 aliphatic heterocycles. The van der Waals surface area contributed by atoms with Crippen molar-refractivity contribution < 1.29 is 13.2 Å². The van der Waals surface area contributed by atoms with Crippen molar-refractivity contribution in [2.75, 3.05) is 12.4 Å². The predicted molar refractivity (Wildman–Crippen MR) is 62.3 cm³/mol. The summed E-state index contributed by atoms with van der Waals surface area (Å²) in [7, 11) is -3.41. The van der Waals surface area contributed by atoms with E-state index in [0.29, 0.717) is 6.42 Å². The lowest BCUT2D eigenvalue weighted by Crippen LogP contribution is -2.36. The molecule has 0 bridgehead atoms. The Hall–Kier alpha value is -0.640. The minimum Gasteiger partial charge on any atom is -0.378 e. The van der Waals surface area contributed by atoms with Gasteiger partial charge in [0.15, 0.2) is 0 Å². The van der Waals surface area contributed by atoms with Crippen molar-refractivity contribution in [3.05, 3.63) is 0 Å². The van der Waals surface area contributed by atoms with Crippen LogP contribution in [-0.2, 0) is 14.8 Å². The lowest BCUT2D eigenvalue weighted by molar-refractivity contribution is 0.0911. The van der Waals surface area contributed by atoms with E-state index in [1.165, 1.54) is 0 Å². The Kier molecular flexibility index (Phi) is 7.30. The third kappa shape index (κ3) is 7.63. The molecule has 0 saturated heterocycles. The zero-order chi connectivity index (χ0) is 12.6. The van der Waals surface area contributed by atoms with E-state index in [9.17, 15) is 8.42 Å². The van der Waals surface area contributed by atoms with E-state index in [0.717, 1.165) is 6.42 Å². The number of sulfonamides is 1. The fraction of sp³-hybridized carbons (Fsp3) is 0.900. The Morgan fingerprint density at radius 2 is 2.06 bits per heavy atom. The zero-order valence-corrected chi connectivity index (χ0v) is 10.9. The summed E-state index contributed by atoms with van der Waals surface area (Å²) in [4.78, 5) is 0. The summed E-state index contributed by atoms with van der Waals surface area (Å²) in [5, 5.41) is 8.73. The summed E-state index contributed by atoms with van der Waals surface area (Å²) >= 11 is 0. The molecule has 0 aromatic rings. The van der Waals surface area contributed by atoms with Gasteiger partial charge in [0.2, 0.25) is 10.0 Å². The molecule has 94 valence electrons. The van der Waals surface area contributed by atoms with Crippen molar-refractivity contribution >= 4 is 10.0 Å². The second-order valence-electron chi connectivity index (χ2n) is 3.83. The molecular weight excluding hydrogens is 228 g/mol. The molecule has 0 saturated carbocycles. The number of nitriles is 1. The number of hydrogen-bond donors (Lipinski definition) is 1. The lowest BCUT2D eigenvalue weighted by Gasteiger charge is -2.12. The van der Waals surface area contributed by atoms with E-state index in [1.54, 1.807) is 0 Å². The highest BCUT2D eigenvalue weighted by Crippen LogP contribution is 1.98. The molecule has 0 heterocycles. The largest absolute Gasteiger partial charge is 0.378 e. The molecule has 0 radical (unpaired) electrons. The Morgan fingerprint density at radius 1 is 1.44 bits per heavy atom. The first-order valence-corrected chi connectivity index (χ1v) is 7.07. The fourth-order valence-corrected chi connectivity index (χ4v) is 2.15. The fourth-order valence-electron chi connectivity index (χ4n) is 1.11. The van der Waals surface area contributed by atoms with Crippen LogP contribution in [0.5, 0.6) is 0 Å². The quantitative estimate of drug-likeness (QED) is 0.695. The molecule has 1 N–H and O–H groups in total. The lowest BCUT2D eigenvalue weighted by atomic mass is 10.2. The van der Waals surface area contributed by atoms with Crippen LogP contribution in [0.3, 0.4) is 0 Å². The molecule has 0 spiro atoms. The van der Waals surface area contributed by atoms with Gasteiger partial charge in [-0.05, 0) is 20.3 Å². The SMILES string of the molecule is CCCC(C#N)NS(=O)(=O)CCOC(C)C. The normalized spacial score (nSPS) is 13.7. The molecule has 5 nitrogen and oxygen atoms in total. The Labute approximate surface area is 97.8 Å². The zero-order valence-electron chi connectivity index (χ0n) is 10.1. The second-order valence-corrected chi connectivity index (χ2v) is 5.70. The van der Waals surface area contributed by atoms with Gasteiger partial charge in [0.25, 0.3) is 0 Å². The van der Waals surface area contributed by atoms with Crippen LogP contribution in [-0.4, -0.2) is 32.9 Å². The van der Waals surface area contributed by atoms with Gasteiger partial charge in [-0.25, -0.2) is 8.42 Å². The minimum absolute atomic E-state index is 0.0117. The third-order valence-electron chi connectivity index (χ3n) is 1.86. The number of hydrogen-bond acceptors (Lipinski definition) is 4. The summed E-state index contributed by atoms with van der Waals surface area (Å²) < 4.78 is 30.5. The van der Waals surface area contributed by atoms with Crippen molar-refractivity contribution in [2.24, 2.45) is 0 Å². The summed E-state index contributed by atoms with van der Waals surface area (Å²) in [6.07, 6.45) is 1.31. The van der Waals surface area contributed by atoms with Crippen molar-refractivity contribution in [1.29, 1.82) is 5.26 Å². The minimum atomic E-state index is -3.41. The average molecular weight is 248 g/mol. The van der Waals surface area contributed by atoms with Gasteiger partial charge in [0, 0.05) is 0 Å². The molecule has 16 heavy (non-hydrogen) atoms. The van der Waals surface area contributed by atoms with Crippen molar-refractivity contribution in [1.82, 2.24) is 4.72 Å². The van der Waals surface area contributed by atoms with Crippen LogP contribution in [0, 0.1) is 11.3 Å². The molecule has 0 aliphatic rings. The highest BCUT2D eigenvalue weighted by atomic mass is 32.2. The van der Waals surface area contributed by atoms with E-state index in [4.69, 9.17) is 10.00 Å². The topological polar surface area (TPSA) is 79.2 Å². The summed E-state index contributed by atoms with van der Waals surface area (Å²) in [6.45, 7) is 5.74. The molecule has 0 aromatic carbocycles. The first kappa shape index (κ1) is 15.4. The predicted octanol–water partition coefficient (Wildman–Crippen LogP) is 1.02. The van der Waals surface area contributed by atoms with Gasteiger partial charge in [0.05, 0.1) is 24.5 Å². The van der Waals surface area contributed by atoms with Crippen LogP contribution in [0.2, 0.25) is 0 Å². The van der Waals surface area contributed by atoms with Gasteiger partial charge in [-0.15, -0.1) is 0 Å². The van der Waals surface area contributed by atoms with Gasteiger partial charge in [-0.3, -0.25) is 0 Å². The monoisotopic (exact) mass is 248 g/mol. The molecule has 0 rings (SSSR count). The average Bonchev–Trinajstić information content (AvgIpc) is 2.15. The van der Waals surface area contributed by atoms with E-state index < -0.39 is 16.1 Å². The molecule has 0 amide bonds. The highest BCUT2D eigenvalue weighted by Gasteiger charge is 2.16. The van der Waals surface area contributed by atoms with Crippen LogP contribution in [0.15, 0.2) is 0 Å². The van der Waals surface area contributed by atoms with Crippen LogP contribution in [0.4, 0.5) is 0 Å². The number of rotatable bonds is 8. The summed E-state index contributed by atoms with van der Waals surface area (Å²) in [6, 6.07) is 1.30. The van der Waals surface area contributed by atoms with E-state index >= 15 is 0 Å². The molecule has 0 fully saturated rings. The van der Waals surface area contributed by atoms with Crippen molar-refractivity contribution in [3.63, 3.8) is 0 Å². The van der Waals surface area contributed by atoms with Crippen molar-refractivity contribution in [2.45, 2.75) is 45.8 Å². The Balaban J connectivity index is 4.09. The number of ether oxygens (including phenoxy) is 1. The van der Waals surface area contributed by atoms with Crippen molar-refractivity contribution in [3.8, 4) is 6.07 Å². The van der Waals surface area contributed by atoms with Gasteiger partial charge < -0.3 is 4.74 Å². The maximum absolute atomic E-state index is 11.5. The van der Waals surface area contributed by atoms with E-state index in [1.807, 2.05) is 26.8 Å². The number of nitrogens with one attached hydrogen (secondary N) is 1. The van der Waals surface area contributed by atoms with E-state index in [2.05, 4.69) is 4.72 Å². The molecule has 0 aliphatic carbocycles. The highest BCUT2D eigenvalue weighted by molar-refractivity contribution is 7.89. The Morgan fingerprint density at radius 3 is 2.50 bits per heavy atom. The van der Waals surface area contributed by atoms with Gasteiger partial charge >= 0.3 is 0 Å². The maximum atomic E-state index is 11.5. The molecule has 0 aromatic heterocycles. The van der Waals surface area contributed by atoms with Crippen LogP contribution < -0.4 is 4.72 Å². The van der Waals surface area contributed by atoms with Gasteiger partial charge in [-0.1, -0.05) is 13.3 Å². The van der Waals surface area contributed by atoms with E-state index in [-0.39, 0.29) is 18.5 Å². The maximum Gasteiger partial charge on any atom is 0.215 e. The second kappa shape index (κ2) is 7.60. The first-order chi connectivity index (χ1) is 7.41. The smallest absolute Gasteiger partial charge is 0.215 e. The molecular formula is C10H20N2O3S. The molecule has 6 heteroatoms.